The van der Waals surface area contributed by atoms with E-state index in [9.17, 15) is 9.59 Å². The minimum absolute atomic E-state index is 0.0396. The monoisotopic (exact) mass is 457 g/mol. The van der Waals surface area contributed by atoms with Crippen LogP contribution in [0.25, 0.3) is 6.08 Å². The minimum Gasteiger partial charge on any atom is -0.491 e. The second-order valence-corrected chi connectivity index (χ2v) is 7.63. The number of anilines is 1. The van der Waals surface area contributed by atoms with E-state index in [1.54, 1.807) is 23.1 Å². The number of carbonyl (C=O) groups is 2. The van der Waals surface area contributed by atoms with Crippen LogP contribution in [0.3, 0.4) is 0 Å². The van der Waals surface area contributed by atoms with Gasteiger partial charge in [0.25, 0.3) is 0 Å². The van der Waals surface area contributed by atoms with Gasteiger partial charge >= 0.3 is 0 Å². The predicted octanol–water partition coefficient (Wildman–Crippen LogP) is 3.23. The molecule has 32 heavy (non-hydrogen) atoms. The van der Waals surface area contributed by atoms with Gasteiger partial charge in [-0.2, -0.15) is 0 Å². The SMILES string of the molecule is CCOc1cc(/C=C/C(=O)NCC(=O)N2CCN(c3ccccc3)CC2)cc(Cl)c1OC. The number of rotatable bonds is 8. The number of amides is 2. The molecule has 0 radical (unpaired) electrons. The molecule has 7 nitrogen and oxygen atoms in total. The highest BCUT2D eigenvalue weighted by molar-refractivity contribution is 6.32. The fraction of sp³-hybridized carbons (Fsp3) is 0.333. The fourth-order valence-electron chi connectivity index (χ4n) is 3.50. The Morgan fingerprint density at radius 2 is 1.84 bits per heavy atom. The van der Waals surface area contributed by atoms with Crippen molar-refractivity contribution in [2.45, 2.75) is 6.92 Å². The molecule has 170 valence electrons. The first-order chi connectivity index (χ1) is 15.5. The first-order valence-electron chi connectivity index (χ1n) is 10.6. The molecule has 1 aliphatic rings. The van der Waals surface area contributed by atoms with Gasteiger partial charge in [0, 0.05) is 37.9 Å². The number of hydrogen-bond donors (Lipinski definition) is 1. The van der Waals surface area contributed by atoms with Gasteiger partial charge in [-0.15, -0.1) is 0 Å². The van der Waals surface area contributed by atoms with E-state index < -0.39 is 0 Å². The summed E-state index contributed by atoms with van der Waals surface area (Å²) >= 11 is 6.23. The van der Waals surface area contributed by atoms with Crippen LogP contribution in [0.5, 0.6) is 11.5 Å². The number of halogens is 1. The second kappa shape index (κ2) is 11.4. The van der Waals surface area contributed by atoms with Crippen LogP contribution in [0.15, 0.2) is 48.5 Å². The van der Waals surface area contributed by atoms with Crippen LogP contribution >= 0.6 is 11.6 Å². The van der Waals surface area contributed by atoms with E-state index in [4.69, 9.17) is 21.1 Å². The topological polar surface area (TPSA) is 71.1 Å². The average molecular weight is 458 g/mol. The van der Waals surface area contributed by atoms with Crippen molar-refractivity contribution in [3.05, 3.63) is 59.1 Å². The van der Waals surface area contributed by atoms with Crippen molar-refractivity contribution >= 4 is 35.2 Å². The second-order valence-electron chi connectivity index (χ2n) is 7.22. The number of piperazine rings is 1. The smallest absolute Gasteiger partial charge is 0.244 e. The Hall–Kier alpha value is -3.19. The molecular formula is C24H28ClN3O4. The predicted molar refractivity (Wildman–Crippen MR) is 126 cm³/mol. The highest BCUT2D eigenvalue weighted by atomic mass is 35.5. The summed E-state index contributed by atoms with van der Waals surface area (Å²) in [5, 5.41) is 3.04. The summed E-state index contributed by atoms with van der Waals surface area (Å²) in [4.78, 5) is 28.7. The number of carbonyl (C=O) groups excluding carboxylic acids is 2. The Morgan fingerprint density at radius 1 is 1.12 bits per heavy atom. The summed E-state index contributed by atoms with van der Waals surface area (Å²) < 4.78 is 10.8. The lowest BCUT2D eigenvalue weighted by molar-refractivity contribution is -0.132. The van der Waals surface area contributed by atoms with E-state index in [1.807, 2.05) is 25.1 Å². The summed E-state index contributed by atoms with van der Waals surface area (Å²) in [6.07, 6.45) is 2.99. The molecule has 0 spiro atoms. The molecule has 0 saturated carbocycles. The lowest BCUT2D eigenvalue weighted by atomic mass is 10.2. The van der Waals surface area contributed by atoms with Crippen molar-refractivity contribution in [1.29, 1.82) is 0 Å². The first-order valence-corrected chi connectivity index (χ1v) is 10.9. The Bertz CT molecular complexity index is 957. The van der Waals surface area contributed by atoms with E-state index in [-0.39, 0.29) is 18.4 Å². The molecule has 2 aromatic carbocycles. The first kappa shape index (κ1) is 23.5. The molecule has 1 saturated heterocycles. The number of nitrogens with zero attached hydrogens (tertiary/aromatic N) is 2. The molecule has 0 bridgehead atoms. The highest BCUT2D eigenvalue weighted by Gasteiger charge is 2.21. The number of methoxy groups -OCH3 is 1. The normalized spacial score (nSPS) is 13.8. The van der Waals surface area contributed by atoms with Crippen LogP contribution in [0.1, 0.15) is 12.5 Å². The molecule has 1 aliphatic heterocycles. The number of ether oxygens (including phenoxy) is 2. The number of hydrogen-bond acceptors (Lipinski definition) is 5. The molecule has 1 fully saturated rings. The zero-order chi connectivity index (χ0) is 22.9. The van der Waals surface area contributed by atoms with Crippen molar-refractivity contribution in [1.82, 2.24) is 10.2 Å². The van der Waals surface area contributed by atoms with Crippen molar-refractivity contribution in [2.24, 2.45) is 0 Å². The molecule has 0 atom stereocenters. The Labute approximate surface area is 193 Å². The van der Waals surface area contributed by atoms with Crippen molar-refractivity contribution in [3.63, 3.8) is 0 Å². The quantitative estimate of drug-likeness (QED) is 0.616. The van der Waals surface area contributed by atoms with E-state index >= 15 is 0 Å². The van der Waals surface area contributed by atoms with Gasteiger partial charge in [0.1, 0.15) is 0 Å². The number of para-hydroxylation sites is 1. The number of nitrogens with one attached hydrogen (secondary N) is 1. The highest BCUT2D eigenvalue weighted by Crippen LogP contribution is 2.36. The maximum absolute atomic E-state index is 12.5. The van der Waals surface area contributed by atoms with Crippen molar-refractivity contribution in [3.8, 4) is 11.5 Å². The van der Waals surface area contributed by atoms with Crippen LogP contribution < -0.4 is 19.7 Å². The summed E-state index contributed by atoms with van der Waals surface area (Å²) in [6.45, 7) is 5.08. The summed E-state index contributed by atoms with van der Waals surface area (Å²) in [5.41, 5.74) is 1.85. The molecule has 1 heterocycles. The van der Waals surface area contributed by atoms with Gasteiger partial charge < -0.3 is 24.6 Å². The molecule has 2 aromatic rings. The van der Waals surface area contributed by atoms with Gasteiger partial charge in [-0.25, -0.2) is 0 Å². The third-order valence-electron chi connectivity index (χ3n) is 5.13. The van der Waals surface area contributed by atoms with Gasteiger partial charge in [-0.05, 0) is 42.8 Å². The molecule has 8 heteroatoms. The van der Waals surface area contributed by atoms with Gasteiger partial charge in [-0.3, -0.25) is 9.59 Å². The van der Waals surface area contributed by atoms with E-state index in [0.717, 1.165) is 18.8 Å². The summed E-state index contributed by atoms with van der Waals surface area (Å²) in [7, 11) is 1.52. The van der Waals surface area contributed by atoms with Gasteiger partial charge in [0.05, 0.1) is 25.3 Å². The van der Waals surface area contributed by atoms with Gasteiger partial charge in [0.2, 0.25) is 11.8 Å². The lowest BCUT2D eigenvalue weighted by Gasteiger charge is -2.36. The van der Waals surface area contributed by atoms with E-state index in [2.05, 4.69) is 22.3 Å². The van der Waals surface area contributed by atoms with Gasteiger partial charge in [0.15, 0.2) is 11.5 Å². The maximum Gasteiger partial charge on any atom is 0.244 e. The van der Waals surface area contributed by atoms with E-state index in [0.29, 0.717) is 41.8 Å². The third-order valence-corrected chi connectivity index (χ3v) is 5.41. The third kappa shape index (κ3) is 6.17. The van der Waals surface area contributed by atoms with Crippen LogP contribution in [0.4, 0.5) is 5.69 Å². The Morgan fingerprint density at radius 3 is 2.50 bits per heavy atom. The summed E-state index contributed by atoms with van der Waals surface area (Å²) in [5.74, 6) is 0.511. The fourth-order valence-corrected chi connectivity index (χ4v) is 3.80. The van der Waals surface area contributed by atoms with Crippen LogP contribution in [-0.2, 0) is 9.59 Å². The van der Waals surface area contributed by atoms with Crippen LogP contribution in [0.2, 0.25) is 5.02 Å². The van der Waals surface area contributed by atoms with Gasteiger partial charge in [-0.1, -0.05) is 29.8 Å². The molecule has 0 aliphatic carbocycles. The molecule has 2 amide bonds. The molecule has 0 aromatic heterocycles. The standard InChI is InChI=1S/C24H28ClN3O4/c1-3-32-21-16-18(15-20(25)24(21)31-2)9-10-22(29)26-17-23(30)28-13-11-27(12-14-28)19-7-5-4-6-8-19/h4-10,15-16H,3,11-14,17H2,1-2H3,(H,26,29)/b10-9+. The minimum atomic E-state index is -0.355. The molecular weight excluding hydrogens is 430 g/mol. The average Bonchev–Trinajstić information content (AvgIpc) is 2.82. The van der Waals surface area contributed by atoms with Crippen molar-refractivity contribution in [2.75, 3.05) is 51.3 Å². The molecule has 3 rings (SSSR count). The molecule has 1 N–H and O–H groups in total. The van der Waals surface area contributed by atoms with Crippen LogP contribution in [0, 0.1) is 0 Å². The number of benzene rings is 2. The maximum atomic E-state index is 12.5. The summed E-state index contributed by atoms with van der Waals surface area (Å²) in [6, 6.07) is 13.6. The molecule has 0 unspecified atom stereocenters. The van der Waals surface area contributed by atoms with E-state index in [1.165, 1.54) is 13.2 Å². The Kier molecular flexibility index (Phi) is 8.39. The zero-order valence-corrected chi connectivity index (χ0v) is 19.1. The zero-order valence-electron chi connectivity index (χ0n) is 18.3. The van der Waals surface area contributed by atoms with Crippen molar-refractivity contribution < 1.29 is 19.1 Å². The van der Waals surface area contributed by atoms with Crippen LogP contribution in [-0.4, -0.2) is 63.2 Å². The Balaban J connectivity index is 1.48. The lowest BCUT2D eigenvalue weighted by Crippen LogP contribution is -2.51. The largest absolute Gasteiger partial charge is 0.491 e.